The molecular weight excluding hydrogens is 142 g/mol. The zero-order chi connectivity index (χ0) is 9.02. The summed E-state index contributed by atoms with van der Waals surface area (Å²) in [6.07, 6.45) is 0.269. The molecule has 0 fully saturated rings. The van der Waals surface area contributed by atoms with Crippen LogP contribution >= 0.6 is 0 Å². The third-order valence-corrected chi connectivity index (χ3v) is 1.39. The van der Waals surface area contributed by atoms with Crippen LogP contribution in [0.4, 0.5) is 0 Å². The van der Waals surface area contributed by atoms with Gasteiger partial charge in [-0.15, -0.1) is 0 Å². The minimum absolute atomic E-state index is 0.269. The fourth-order valence-electron chi connectivity index (χ4n) is 0.527. The summed E-state index contributed by atoms with van der Waals surface area (Å²) in [6, 6.07) is -0.862. The number of carboxylic acids is 1. The van der Waals surface area contributed by atoms with Gasteiger partial charge in [0.2, 0.25) is 0 Å². The van der Waals surface area contributed by atoms with Crippen molar-refractivity contribution in [2.45, 2.75) is 19.4 Å². The highest BCUT2D eigenvalue weighted by Crippen LogP contribution is 2.09. The Labute approximate surface area is 66.2 Å². The Morgan fingerprint density at radius 2 is 2.09 bits per heavy atom. The predicted molar refractivity (Wildman–Crippen MR) is 44.2 cm³/mol. The number of allylic oxidation sites excluding steroid dienone is 1. The molecule has 1 unspecified atom stereocenters. The molecule has 0 rings (SSSR count). The SMILES string of the molecule is C=C(C)C(=C)CC(N)C(=O)O. The van der Waals surface area contributed by atoms with E-state index in [1.807, 2.05) is 0 Å². The van der Waals surface area contributed by atoms with Crippen molar-refractivity contribution in [2.24, 2.45) is 5.73 Å². The molecule has 0 aromatic heterocycles. The van der Waals surface area contributed by atoms with E-state index < -0.39 is 12.0 Å². The summed E-state index contributed by atoms with van der Waals surface area (Å²) in [4.78, 5) is 10.3. The molecule has 0 saturated heterocycles. The highest BCUT2D eigenvalue weighted by molar-refractivity contribution is 5.73. The van der Waals surface area contributed by atoms with E-state index in [4.69, 9.17) is 10.8 Å². The van der Waals surface area contributed by atoms with E-state index in [0.717, 1.165) is 5.57 Å². The third-order valence-electron chi connectivity index (χ3n) is 1.39. The molecule has 0 amide bonds. The fourth-order valence-corrected chi connectivity index (χ4v) is 0.527. The number of carbonyl (C=O) groups is 1. The Morgan fingerprint density at radius 3 is 2.36 bits per heavy atom. The summed E-state index contributed by atoms with van der Waals surface area (Å²) < 4.78 is 0. The van der Waals surface area contributed by atoms with E-state index in [0.29, 0.717) is 5.57 Å². The quantitative estimate of drug-likeness (QED) is 0.593. The average molecular weight is 155 g/mol. The predicted octanol–water partition coefficient (Wildman–Crippen LogP) is 0.921. The van der Waals surface area contributed by atoms with E-state index in [1.165, 1.54) is 0 Å². The summed E-state index contributed by atoms with van der Waals surface area (Å²) >= 11 is 0. The largest absolute Gasteiger partial charge is 0.480 e. The van der Waals surface area contributed by atoms with Crippen LogP contribution < -0.4 is 5.73 Å². The second-order valence-corrected chi connectivity index (χ2v) is 2.53. The lowest BCUT2D eigenvalue weighted by Gasteiger charge is -2.07. The smallest absolute Gasteiger partial charge is 0.320 e. The number of aliphatic carboxylic acids is 1. The van der Waals surface area contributed by atoms with Gasteiger partial charge in [0.25, 0.3) is 0 Å². The first-order chi connectivity index (χ1) is 4.95. The molecule has 0 saturated carbocycles. The zero-order valence-corrected chi connectivity index (χ0v) is 6.63. The average Bonchev–Trinajstić information content (AvgIpc) is 1.87. The lowest BCUT2D eigenvalue weighted by atomic mass is 10.0. The van der Waals surface area contributed by atoms with Crippen LogP contribution in [-0.4, -0.2) is 17.1 Å². The standard InChI is InChI=1S/C8H13NO2/c1-5(2)6(3)4-7(9)8(10)11/h7H,1,3-4,9H2,2H3,(H,10,11). The molecule has 3 heteroatoms. The fraction of sp³-hybridized carbons (Fsp3) is 0.375. The molecule has 0 bridgehead atoms. The Hall–Kier alpha value is -1.09. The first kappa shape index (κ1) is 9.91. The summed E-state index contributed by atoms with van der Waals surface area (Å²) in [5, 5.41) is 8.42. The van der Waals surface area contributed by atoms with Crippen molar-refractivity contribution in [3.8, 4) is 0 Å². The van der Waals surface area contributed by atoms with Crippen molar-refractivity contribution in [3.63, 3.8) is 0 Å². The minimum Gasteiger partial charge on any atom is -0.480 e. The van der Waals surface area contributed by atoms with Gasteiger partial charge < -0.3 is 10.8 Å². The Kier molecular flexibility index (Phi) is 3.54. The molecule has 0 spiro atoms. The van der Waals surface area contributed by atoms with Gasteiger partial charge in [-0.05, 0) is 13.3 Å². The molecule has 11 heavy (non-hydrogen) atoms. The molecule has 0 aromatic rings. The second-order valence-electron chi connectivity index (χ2n) is 2.53. The first-order valence-corrected chi connectivity index (χ1v) is 3.27. The summed E-state index contributed by atoms with van der Waals surface area (Å²) in [7, 11) is 0. The van der Waals surface area contributed by atoms with Gasteiger partial charge in [0.05, 0.1) is 0 Å². The van der Waals surface area contributed by atoms with E-state index >= 15 is 0 Å². The number of rotatable bonds is 4. The van der Waals surface area contributed by atoms with Crippen molar-refractivity contribution in [1.82, 2.24) is 0 Å². The van der Waals surface area contributed by atoms with Crippen molar-refractivity contribution in [3.05, 3.63) is 24.3 Å². The van der Waals surface area contributed by atoms with Gasteiger partial charge in [-0.3, -0.25) is 4.79 Å². The second kappa shape index (κ2) is 3.93. The normalized spacial score (nSPS) is 12.2. The molecule has 0 heterocycles. The Bertz CT molecular complexity index is 196. The van der Waals surface area contributed by atoms with Gasteiger partial charge in [0.1, 0.15) is 6.04 Å². The Morgan fingerprint density at radius 1 is 1.64 bits per heavy atom. The topological polar surface area (TPSA) is 63.3 Å². The van der Waals surface area contributed by atoms with Gasteiger partial charge in [-0.25, -0.2) is 0 Å². The maximum atomic E-state index is 10.3. The molecule has 0 aromatic carbocycles. The maximum Gasteiger partial charge on any atom is 0.320 e. The van der Waals surface area contributed by atoms with Crippen LogP contribution in [0, 0.1) is 0 Å². The molecule has 1 atom stereocenters. The van der Waals surface area contributed by atoms with Crippen LogP contribution in [0.2, 0.25) is 0 Å². The molecule has 0 aliphatic heterocycles. The van der Waals surface area contributed by atoms with Crippen molar-refractivity contribution < 1.29 is 9.90 Å². The number of hydrogen-bond acceptors (Lipinski definition) is 2. The van der Waals surface area contributed by atoms with Crippen LogP contribution in [0.3, 0.4) is 0 Å². The van der Waals surface area contributed by atoms with Crippen LogP contribution in [0.1, 0.15) is 13.3 Å². The minimum atomic E-state index is -1.01. The third kappa shape index (κ3) is 3.57. The van der Waals surface area contributed by atoms with Crippen molar-refractivity contribution >= 4 is 5.97 Å². The highest BCUT2D eigenvalue weighted by atomic mass is 16.4. The van der Waals surface area contributed by atoms with Gasteiger partial charge in [-0.1, -0.05) is 24.3 Å². The lowest BCUT2D eigenvalue weighted by molar-refractivity contribution is -0.138. The number of carboxylic acid groups (broad SMARTS) is 1. The molecule has 3 nitrogen and oxygen atoms in total. The zero-order valence-electron chi connectivity index (χ0n) is 6.63. The van der Waals surface area contributed by atoms with E-state index in [2.05, 4.69) is 13.2 Å². The summed E-state index contributed by atoms with van der Waals surface area (Å²) in [5.41, 5.74) is 6.73. The van der Waals surface area contributed by atoms with E-state index in [1.54, 1.807) is 6.92 Å². The van der Waals surface area contributed by atoms with E-state index in [-0.39, 0.29) is 6.42 Å². The molecule has 0 aliphatic rings. The van der Waals surface area contributed by atoms with Gasteiger partial charge in [-0.2, -0.15) is 0 Å². The summed E-state index contributed by atoms with van der Waals surface area (Å²) in [5.74, 6) is -1.01. The van der Waals surface area contributed by atoms with Crippen molar-refractivity contribution in [1.29, 1.82) is 0 Å². The van der Waals surface area contributed by atoms with Gasteiger partial charge >= 0.3 is 5.97 Å². The van der Waals surface area contributed by atoms with E-state index in [9.17, 15) is 4.79 Å². The first-order valence-electron chi connectivity index (χ1n) is 3.27. The lowest BCUT2D eigenvalue weighted by Crippen LogP contribution is -2.30. The van der Waals surface area contributed by atoms with Gasteiger partial charge in [0, 0.05) is 0 Å². The Balaban J connectivity index is 3.95. The van der Waals surface area contributed by atoms with Crippen molar-refractivity contribution in [2.75, 3.05) is 0 Å². The highest BCUT2D eigenvalue weighted by Gasteiger charge is 2.12. The molecule has 3 N–H and O–H groups in total. The van der Waals surface area contributed by atoms with Crippen LogP contribution in [-0.2, 0) is 4.79 Å². The van der Waals surface area contributed by atoms with Crippen LogP contribution in [0.5, 0.6) is 0 Å². The molecule has 62 valence electrons. The molecule has 0 aliphatic carbocycles. The van der Waals surface area contributed by atoms with Crippen LogP contribution in [0.25, 0.3) is 0 Å². The molecule has 0 radical (unpaired) electrons. The van der Waals surface area contributed by atoms with Gasteiger partial charge in [0.15, 0.2) is 0 Å². The number of nitrogens with two attached hydrogens (primary N) is 1. The number of hydrogen-bond donors (Lipinski definition) is 2. The van der Waals surface area contributed by atoms with Crippen LogP contribution in [0.15, 0.2) is 24.3 Å². The summed E-state index contributed by atoms with van der Waals surface area (Å²) in [6.45, 7) is 9.03. The maximum absolute atomic E-state index is 10.3. The molecular formula is C8H13NO2. The monoisotopic (exact) mass is 155 g/mol.